The van der Waals surface area contributed by atoms with Crippen molar-refractivity contribution in [2.24, 2.45) is 5.92 Å². The largest absolute Gasteiger partial charge is 0.444 e. The highest BCUT2D eigenvalue weighted by atomic mass is 16.6. The standard InChI is InChI=1S/C26H38N2O3/c1-6-20(16-19-10-8-7-9-11-19)23-17-24(23)28(25(30)31-26(3,4)5)22-14-12-21(13-15-22)27-18(2)29/h7-11,16,21-24H,6,12-15,17H2,1-5H3,(H,27,29)/b20-16+/t21?,22?,23-,24+/m0/s1. The third kappa shape index (κ3) is 6.59. The van der Waals surface area contributed by atoms with E-state index in [1.165, 1.54) is 11.1 Å². The molecule has 2 aliphatic carbocycles. The molecule has 1 N–H and O–H groups in total. The summed E-state index contributed by atoms with van der Waals surface area (Å²) in [5.41, 5.74) is 2.10. The Kier molecular flexibility index (Phi) is 7.45. The van der Waals surface area contributed by atoms with E-state index in [2.05, 4.69) is 42.6 Å². The van der Waals surface area contributed by atoms with E-state index in [1.807, 2.05) is 31.7 Å². The molecular weight excluding hydrogens is 388 g/mol. The average Bonchev–Trinajstić information content (AvgIpc) is 3.46. The molecule has 1 aromatic rings. The summed E-state index contributed by atoms with van der Waals surface area (Å²) >= 11 is 0. The lowest BCUT2D eigenvalue weighted by Crippen LogP contribution is -2.49. The maximum Gasteiger partial charge on any atom is 0.410 e. The number of nitrogens with zero attached hydrogens (tertiary/aromatic N) is 1. The molecule has 2 amide bonds. The average molecular weight is 427 g/mol. The topological polar surface area (TPSA) is 58.6 Å². The number of benzene rings is 1. The quantitative estimate of drug-likeness (QED) is 0.648. The van der Waals surface area contributed by atoms with E-state index < -0.39 is 5.60 Å². The Hall–Kier alpha value is -2.30. The van der Waals surface area contributed by atoms with Crippen LogP contribution >= 0.6 is 0 Å². The second-order valence-corrected chi connectivity index (χ2v) is 9.99. The molecule has 2 saturated carbocycles. The molecule has 0 heterocycles. The summed E-state index contributed by atoms with van der Waals surface area (Å²) in [6.07, 6.45) is 7.67. The maximum absolute atomic E-state index is 13.2. The number of amides is 2. The molecule has 31 heavy (non-hydrogen) atoms. The predicted octanol–water partition coefficient (Wildman–Crippen LogP) is 5.55. The van der Waals surface area contributed by atoms with Gasteiger partial charge in [-0.15, -0.1) is 0 Å². The molecule has 0 unspecified atom stereocenters. The summed E-state index contributed by atoms with van der Waals surface area (Å²) in [5.74, 6) is 0.416. The summed E-state index contributed by atoms with van der Waals surface area (Å²) in [6, 6.07) is 11.0. The van der Waals surface area contributed by atoms with Gasteiger partial charge in [0.15, 0.2) is 0 Å². The Morgan fingerprint density at radius 2 is 1.77 bits per heavy atom. The second kappa shape index (κ2) is 9.88. The molecule has 2 fully saturated rings. The molecule has 0 radical (unpaired) electrons. The minimum absolute atomic E-state index is 0.0216. The maximum atomic E-state index is 13.2. The van der Waals surface area contributed by atoms with Crippen molar-refractivity contribution < 1.29 is 14.3 Å². The van der Waals surface area contributed by atoms with Gasteiger partial charge >= 0.3 is 6.09 Å². The first kappa shape index (κ1) is 23.4. The lowest BCUT2D eigenvalue weighted by molar-refractivity contribution is -0.120. The van der Waals surface area contributed by atoms with E-state index in [4.69, 9.17) is 4.74 Å². The Morgan fingerprint density at radius 1 is 1.13 bits per heavy atom. The fourth-order valence-electron chi connectivity index (χ4n) is 4.78. The van der Waals surface area contributed by atoms with Crippen molar-refractivity contribution in [1.29, 1.82) is 0 Å². The molecule has 3 rings (SSSR count). The molecule has 5 heteroatoms. The van der Waals surface area contributed by atoms with E-state index in [0.717, 1.165) is 38.5 Å². The van der Waals surface area contributed by atoms with Gasteiger partial charge in [0.1, 0.15) is 5.60 Å². The van der Waals surface area contributed by atoms with Gasteiger partial charge in [-0.2, -0.15) is 0 Å². The molecule has 170 valence electrons. The van der Waals surface area contributed by atoms with Gasteiger partial charge in [-0.3, -0.25) is 4.79 Å². The highest BCUT2D eigenvalue weighted by Gasteiger charge is 2.49. The summed E-state index contributed by atoms with van der Waals surface area (Å²) in [4.78, 5) is 26.7. The lowest BCUT2D eigenvalue weighted by Gasteiger charge is -2.38. The van der Waals surface area contributed by atoms with Crippen LogP contribution < -0.4 is 5.32 Å². The van der Waals surface area contributed by atoms with Crippen molar-refractivity contribution in [3.8, 4) is 0 Å². The normalized spacial score (nSPS) is 26.2. The Balaban J connectivity index is 1.74. The van der Waals surface area contributed by atoms with Gasteiger partial charge in [0.2, 0.25) is 5.91 Å². The first-order valence-electron chi connectivity index (χ1n) is 11.7. The number of hydrogen-bond acceptors (Lipinski definition) is 3. The van der Waals surface area contributed by atoms with E-state index in [9.17, 15) is 9.59 Å². The number of carbonyl (C=O) groups excluding carboxylic acids is 2. The highest BCUT2D eigenvalue weighted by Crippen LogP contribution is 2.46. The predicted molar refractivity (Wildman–Crippen MR) is 125 cm³/mol. The van der Waals surface area contributed by atoms with E-state index >= 15 is 0 Å². The van der Waals surface area contributed by atoms with Crippen LogP contribution in [-0.4, -0.2) is 40.6 Å². The van der Waals surface area contributed by atoms with Crippen LogP contribution in [-0.2, 0) is 9.53 Å². The highest BCUT2D eigenvalue weighted by molar-refractivity contribution is 5.73. The van der Waals surface area contributed by atoms with Crippen LogP contribution in [0.15, 0.2) is 35.9 Å². The fraction of sp³-hybridized carbons (Fsp3) is 0.615. The van der Waals surface area contributed by atoms with Crippen molar-refractivity contribution in [2.75, 3.05) is 0 Å². The molecule has 0 aliphatic heterocycles. The third-order valence-electron chi connectivity index (χ3n) is 6.25. The lowest BCUT2D eigenvalue weighted by atomic mass is 9.90. The van der Waals surface area contributed by atoms with Gasteiger partial charge in [0, 0.05) is 31.0 Å². The van der Waals surface area contributed by atoms with Crippen molar-refractivity contribution in [3.05, 3.63) is 41.5 Å². The summed E-state index contributed by atoms with van der Waals surface area (Å²) in [6.45, 7) is 9.54. The van der Waals surface area contributed by atoms with Crippen LogP contribution in [0.1, 0.15) is 78.7 Å². The molecule has 2 atom stereocenters. The van der Waals surface area contributed by atoms with E-state index in [-0.39, 0.29) is 30.1 Å². The zero-order valence-electron chi connectivity index (χ0n) is 19.7. The van der Waals surface area contributed by atoms with Crippen molar-refractivity contribution in [2.45, 2.75) is 96.9 Å². The third-order valence-corrected chi connectivity index (χ3v) is 6.25. The van der Waals surface area contributed by atoms with Crippen molar-refractivity contribution >= 4 is 18.1 Å². The zero-order chi connectivity index (χ0) is 22.6. The Labute approximate surface area is 187 Å². The van der Waals surface area contributed by atoms with Gasteiger partial charge in [0.25, 0.3) is 0 Å². The summed E-state index contributed by atoms with van der Waals surface area (Å²) in [7, 11) is 0. The first-order chi connectivity index (χ1) is 14.7. The van der Waals surface area contributed by atoms with Crippen molar-refractivity contribution in [3.63, 3.8) is 0 Å². The van der Waals surface area contributed by atoms with Gasteiger partial charge < -0.3 is 15.0 Å². The molecule has 1 aromatic carbocycles. The fourth-order valence-corrected chi connectivity index (χ4v) is 4.78. The Bertz CT molecular complexity index is 789. The Morgan fingerprint density at radius 3 is 2.32 bits per heavy atom. The van der Waals surface area contributed by atoms with Gasteiger partial charge in [0.05, 0.1) is 0 Å². The number of nitrogens with one attached hydrogen (secondary N) is 1. The molecule has 2 aliphatic rings. The summed E-state index contributed by atoms with van der Waals surface area (Å²) in [5, 5.41) is 3.03. The molecular formula is C26H38N2O3. The number of hydrogen-bond donors (Lipinski definition) is 1. The van der Waals surface area contributed by atoms with Crippen LogP contribution in [0, 0.1) is 5.92 Å². The number of carbonyl (C=O) groups is 2. The number of ether oxygens (including phenoxy) is 1. The molecule has 0 spiro atoms. The van der Waals surface area contributed by atoms with Crippen LogP contribution in [0.5, 0.6) is 0 Å². The minimum Gasteiger partial charge on any atom is -0.444 e. The molecule has 5 nitrogen and oxygen atoms in total. The van der Waals surface area contributed by atoms with Crippen LogP contribution in [0.4, 0.5) is 4.79 Å². The second-order valence-electron chi connectivity index (χ2n) is 9.99. The van der Waals surface area contributed by atoms with Gasteiger partial charge in [-0.1, -0.05) is 48.9 Å². The van der Waals surface area contributed by atoms with Gasteiger partial charge in [-0.05, 0) is 64.9 Å². The first-order valence-corrected chi connectivity index (χ1v) is 11.7. The number of rotatable bonds is 6. The van der Waals surface area contributed by atoms with Crippen LogP contribution in [0.3, 0.4) is 0 Å². The zero-order valence-corrected chi connectivity index (χ0v) is 19.7. The summed E-state index contributed by atoms with van der Waals surface area (Å²) < 4.78 is 5.82. The minimum atomic E-state index is -0.513. The van der Waals surface area contributed by atoms with Gasteiger partial charge in [-0.25, -0.2) is 4.79 Å². The van der Waals surface area contributed by atoms with Crippen LogP contribution in [0.2, 0.25) is 0 Å². The SMILES string of the molecule is CC/C(=C\c1ccccc1)[C@@H]1C[C@H]1N(C(=O)OC(C)(C)C)C1CCC(NC(C)=O)CC1. The monoisotopic (exact) mass is 426 g/mol. The van der Waals surface area contributed by atoms with E-state index in [0.29, 0.717) is 5.92 Å². The molecule has 0 aromatic heterocycles. The molecule has 0 saturated heterocycles. The molecule has 0 bridgehead atoms. The van der Waals surface area contributed by atoms with Crippen LogP contribution in [0.25, 0.3) is 6.08 Å². The van der Waals surface area contributed by atoms with E-state index in [1.54, 1.807) is 6.92 Å². The smallest absolute Gasteiger partial charge is 0.410 e. The van der Waals surface area contributed by atoms with Crippen molar-refractivity contribution in [1.82, 2.24) is 10.2 Å².